The van der Waals surface area contributed by atoms with E-state index < -0.39 is 0 Å². The number of rotatable bonds is 4. The van der Waals surface area contributed by atoms with Crippen LogP contribution in [0.4, 0.5) is 11.4 Å². The van der Waals surface area contributed by atoms with Gasteiger partial charge in [-0.2, -0.15) is 0 Å². The lowest BCUT2D eigenvalue weighted by molar-refractivity contribution is -0.115. The Morgan fingerprint density at radius 2 is 2.14 bits per heavy atom. The van der Waals surface area contributed by atoms with Crippen molar-refractivity contribution in [2.75, 3.05) is 11.1 Å². The number of nitrogens with two attached hydrogens (primary N) is 1. The third kappa shape index (κ3) is 3.98. The molecule has 2 rings (SSSR count). The number of anilines is 2. The van der Waals surface area contributed by atoms with E-state index in [0.29, 0.717) is 5.69 Å². The Hall–Kier alpha value is -1.53. The summed E-state index contributed by atoms with van der Waals surface area (Å²) < 4.78 is 0.884. The van der Waals surface area contributed by atoms with Gasteiger partial charge in [-0.15, -0.1) is 0 Å². The van der Waals surface area contributed by atoms with E-state index in [9.17, 15) is 4.79 Å². The normalized spacial score (nSPS) is 12.0. The first-order valence-electron chi connectivity index (χ1n) is 6.42. The van der Waals surface area contributed by atoms with Gasteiger partial charge in [-0.3, -0.25) is 4.79 Å². The van der Waals surface area contributed by atoms with Gasteiger partial charge in [0, 0.05) is 22.0 Å². The van der Waals surface area contributed by atoms with Gasteiger partial charge < -0.3 is 11.1 Å². The van der Waals surface area contributed by atoms with Crippen molar-refractivity contribution in [1.29, 1.82) is 0 Å². The van der Waals surface area contributed by atoms with E-state index in [2.05, 4.69) is 26.2 Å². The number of thioether (sulfide) groups is 1. The van der Waals surface area contributed by atoms with Crippen LogP contribution < -0.4 is 11.1 Å². The molecular weight excluding hydrogens is 350 g/mol. The Morgan fingerprint density at radius 3 is 2.86 bits per heavy atom. The summed E-state index contributed by atoms with van der Waals surface area (Å²) in [6.45, 7) is 3.74. The molecular formula is C15H16BrN3OS. The molecule has 21 heavy (non-hydrogen) atoms. The van der Waals surface area contributed by atoms with Gasteiger partial charge in [0.15, 0.2) is 0 Å². The Bertz CT molecular complexity index is 663. The molecule has 1 aromatic heterocycles. The van der Waals surface area contributed by atoms with E-state index >= 15 is 0 Å². The summed E-state index contributed by atoms with van der Waals surface area (Å²) in [6.07, 6.45) is 1.71. The highest BCUT2D eigenvalue weighted by Gasteiger charge is 2.17. The highest BCUT2D eigenvalue weighted by Crippen LogP contribution is 2.29. The van der Waals surface area contributed by atoms with Crippen molar-refractivity contribution in [3.05, 3.63) is 46.6 Å². The molecule has 0 saturated heterocycles. The standard InChI is InChI=1S/C15H16BrN3OS/c1-9-12(17)6-3-7-13(9)19-14(20)10(2)21-15-11(16)5-4-8-18-15/h3-8,10H,17H2,1-2H3,(H,19,20). The molecule has 0 aliphatic carbocycles. The molecule has 1 amide bonds. The number of nitrogens with zero attached hydrogens (tertiary/aromatic N) is 1. The van der Waals surface area contributed by atoms with E-state index in [1.165, 1.54) is 11.8 Å². The lowest BCUT2D eigenvalue weighted by Crippen LogP contribution is -2.23. The van der Waals surface area contributed by atoms with E-state index in [1.807, 2.05) is 44.2 Å². The lowest BCUT2D eigenvalue weighted by atomic mass is 10.1. The molecule has 1 heterocycles. The van der Waals surface area contributed by atoms with Crippen molar-refractivity contribution in [1.82, 2.24) is 4.98 Å². The Balaban J connectivity index is 2.06. The number of nitrogen functional groups attached to an aromatic ring is 1. The summed E-state index contributed by atoms with van der Waals surface area (Å²) in [7, 11) is 0. The van der Waals surface area contributed by atoms with Crippen molar-refractivity contribution in [2.24, 2.45) is 0 Å². The number of hydrogen-bond acceptors (Lipinski definition) is 4. The maximum atomic E-state index is 12.3. The molecule has 0 aliphatic rings. The maximum Gasteiger partial charge on any atom is 0.237 e. The van der Waals surface area contributed by atoms with Crippen LogP contribution in [-0.2, 0) is 4.79 Å². The van der Waals surface area contributed by atoms with Crippen LogP contribution in [0.3, 0.4) is 0 Å². The summed E-state index contributed by atoms with van der Waals surface area (Å²) in [6, 6.07) is 9.23. The predicted octanol–water partition coefficient (Wildman–Crippen LogP) is 3.85. The minimum atomic E-state index is -0.267. The topological polar surface area (TPSA) is 68.0 Å². The number of amides is 1. The third-order valence-corrected chi connectivity index (χ3v) is 5.03. The minimum Gasteiger partial charge on any atom is -0.398 e. The predicted molar refractivity (Wildman–Crippen MR) is 91.5 cm³/mol. The molecule has 0 spiro atoms. The van der Waals surface area contributed by atoms with Gasteiger partial charge in [0.2, 0.25) is 5.91 Å². The number of nitrogens with one attached hydrogen (secondary N) is 1. The first-order chi connectivity index (χ1) is 9.99. The molecule has 0 saturated carbocycles. The SMILES string of the molecule is Cc1c(N)cccc1NC(=O)C(C)Sc1ncccc1Br. The Morgan fingerprint density at radius 1 is 1.38 bits per heavy atom. The summed E-state index contributed by atoms with van der Waals surface area (Å²) in [5, 5.41) is 3.44. The molecule has 2 aromatic rings. The molecule has 1 aromatic carbocycles. The summed E-state index contributed by atoms with van der Waals surface area (Å²) in [4.78, 5) is 16.5. The van der Waals surface area contributed by atoms with Gasteiger partial charge in [-0.25, -0.2) is 4.98 Å². The van der Waals surface area contributed by atoms with Gasteiger partial charge >= 0.3 is 0 Å². The molecule has 0 aliphatic heterocycles. The zero-order chi connectivity index (χ0) is 15.4. The molecule has 0 radical (unpaired) electrons. The van der Waals surface area contributed by atoms with Crippen LogP contribution in [0.1, 0.15) is 12.5 Å². The largest absolute Gasteiger partial charge is 0.398 e. The number of carbonyl (C=O) groups excluding carboxylic acids is 1. The fraction of sp³-hybridized carbons (Fsp3) is 0.200. The monoisotopic (exact) mass is 365 g/mol. The lowest BCUT2D eigenvalue weighted by Gasteiger charge is -2.14. The van der Waals surface area contributed by atoms with Crippen molar-refractivity contribution in [2.45, 2.75) is 24.1 Å². The number of aromatic nitrogens is 1. The molecule has 1 atom stereocenters. The van der Waals surface area contributed by atoms with Crippen LogP contribution in [0, 0.1) is 6.92 Å². The van der Waals surface area contributed by atoms with Gasteiger partial charge in [-0.05, 0) is 59.6 Å². The zero-order valence-electron chi connectivity index (χ0n) is 11.8. The second-order valence-corrected chi connectivity index (χ2v) is 6.74. The van der Waals surface area contributed by atoms with Crippen LogP contribution >= 0.6 is 27.7 Å². The highest BCUT2D eigenvalue weighted by molar-refractivity contribution is 9.10. The van der Waals surface area contributed by atoms with Gasteiger partial charge in [0.05, 0.1) is 5.25 Å². The number of pyridine rings is 1. The maximum absolute atomic E-state index is 12.3. The average Bonchev–Trinajstić information content (AvgIpc) is 2.46. The van der Waals surface area contributed by atoms with Crippen molar-refractivity contribution >= 4 is 45.0 Å². The minimum absolute atomic E-state index is 0.0775. The Kier molecular flexibility index (Phi) is 5.25. The van der Waals surface area contributed by atoms with E-state index in [4.69, 9.17) is 5.73 Å². The van der Waals surface area contributed by atoms with Crippen LogP contribution in [-0.4, -0.2) is 16.1 Å². The second-order valence-electron chi connectivity index (χ2n) is 4.56. The summed E-state index contributed by atoms with van der Waals surface area (Å²) in [5.41, 5.74) is 8.13. The number of halogens is 1. The third-order valence-electron chi connectivity index (χ3n) is 3.02. The van der Waals surface area contributed by atoms with Crippen molar-refractivity contribution < 1.29 is 4.79 Å². The summed E-state index contributed by atoms with van der Waals surface area (Å²) in [5.74, 6) is -0.0775. The number of carbonyl (C=O) groups is 1. The fourth-order valence-electron chi connectivity index (χ4n) is 1.70. The van der Waals surface area contributed by atoms with E-state index in [0.717, 1.165) is 20.7 Å². The average molecular weight is 366 g/mol. The second kappa shape index (κ2) is 6.95. The van der Waals surface area contributed by atoms with E-state index in [-0.39, 0.29) is 11.2 Å². The zero-order valence-corrected chi connectivity index (χ0v) is 14.2. The first-order valence-corrected chi connectivity index (χ1v) is 8.09. The van der Waals surface area contributed by atoms with Gasteiger partial charge in [-0.1, -0.05) is 17.8 Å². The van der Waals surface area contributed by atoms with Crippen molar-refractivity contribution in [3.8, 4) is 0 Å². The van der Waals surface area contributed by atoms with Gasteiger partial charge in [0.1, 0.15) is 5.03 Å². The van der Waals surface area contributed by atoms with E-state index in [1.54, 1.807) is 6.20 Å². The molecule has 4 nitrogen and oxygen atoms in total. The molecule has 0 bridgehead atoms. The van der Waals surface area contributed by atoms with Crippen LogP contribution in [0.5, 0.6) is 0 Å². The molecule has 110 valence electrons. The fourth-order valence-corrected chi connectivity index (χ4v) is 3.04. The molecule has 6 heteroatoms. The van der Waals surface area contributed by atoms with Crippen LogP contribution in [0.2, 0.25) is 0 Å². The number of benzene rings is 1. The van der Waals surface area contributed by atoms with Crippen LogP contribution in [0.15, 0.2) is 46.0 Å². The number of hydrogen-bond donors (Lipinski definition) is 2. The molecule has 0 fully saturated rings. The first kappa shape index (κ1) is 15.9. The van der Waals surface area contributed by atoms with Crippen LogP contribution in [0.25, 0.3) is 0 Å². The summed E-state index contributed by atoms with van der Waals surface area (Å²) >= 11 is 4.84. The smallest absolute Gasteiger partial charge is 0.237 e. The van der Waals surface area contributed by atoms with Gasteiger partial charge in [0.25, 0.3) is 0 Å². The van der Waals surface area contributed by atoms with Crippen molar-refractivity contribution in [3.63, 3.8) is 0 Å². The molecule has 3 N–H and O–H groups in total. The quantitative estimate of drug-likeness (QED) is 0.637. The Labute approximate surface area is 136 Å². The highest BCUT2D eigenvalue weighted by atomic mass is 79.9. The molecule has 1 unspecified atom stereocenters.